The molecule has 0 saturated heterocycles. The number of amides is 2. The average molecular weight is 465 g/mol. The van der Waals surface area contributed by atoms with Crippen molar-refractivity contribution < 1.29 is 22.8 Å². The Kier molecular flexibility index (Phi) is 6.49. The monoisotopic (exact) mass is 465 g/mol. The Hall–Kier alpha value is -3.94. The van der Waals surface area contributed by atoms with E-state index in [2.05, 4.69) is 10.3 Å². The van der Waals surface area contributed by atoms with Crippen molar-refractivity contribution in [2.24, 2.45) is 0 Å². The number of carbonyl (C=O) groups excluding carboxylic acids is 2. The minimum Gasteiger partial charge on any atom is -0.322 e. The second-order valence-corrected chi connectivity index (χ2v) is 7.91. The van der Waals surface area contributed by atoms with Gasteiger partial charge in [-0.3, -0.25) is 19.5 Å². The lowest BCUT2D eigenvalue weighted by molar-refractivity contribution is -0.137. The molecule has 0 fully saturated rings. The first kappa shape index (κ1) is 23.2. The van der Waals surface area contributed by atoms with Crippen LogP contribution in [0.25, 0.3) is 16.5 Å². The number of rotatable bonds is 5. The van der Waals surface area contributed by atoms with E-state index in [1.807, 2.05) is 25.1 Å². The van der Waals surface area contributed by atoms with Gasteiger partial charge in [0, 0.05) is 41.5 Å². The summed E-state index contributed by atoms with van der Waals surface area (Å²) in [6.07, 6.45) is 3.01. The van der Waals surface area contributed by atoms with Crippen molar-refractivity contribution >= 4 is 39.7 Å². The molecule has 2 amide bonds. The minimum absolute atomic E-state index is 0.104. The largest absolute Gasteiger partial charge is 0.416 e. The summed E-state index contributed by atoms with van der Waals surface area (Å²) in [4.78, 5) is 30.8. The smallest absolute Gasteiger partial charge is 0.322 e. The molecule has 1 N–H and O–H groups in total. The third-order valence-electron chi connectivity index (χ3n) is 5.47. The van der Waals surface area contributed by atoms with Crippen LogP contribution >= 0.6 is 0 Å². The van der Waals surface area contributed by atoms with Crippen molar-refractivity contribution in [1.82, 2.24) is 4.98 Å². The Morgan fingerprint density at radius 3 is 2.71 bits per heavy atom. The Labute approximate surface area is 194 Å². The number of hydrogen-bond donors (Lipinski definition) is 1. The van der Waals surface area contributed by atoms with E-state index in [-0.39, 0.29) is 18.0 Å². The number of benzene rings is 2. The lowest BCUT2D eigenvalue weighted by Crippen LogP contribution is -2.28. The molecule has 0 atom stereocenters. The number of halogens is 3. The number of aromatic nitrogens is 1. The van der Waals surface area contributed by atoms with Gasteiger partial charge >= 0.3 is 6.18 Å². The van der Waals surface area contributed by atoms with Gasteiger partial charge in [0.2, 0.25) is 11.8 Å². The predicted octanol–water partition coefficient (Wildman–Crippen LogP) is 6.33. The Morgan fingerprint density at radius 2 is 1.94 bits per heavy atom. The zero-order valence-corrected chi connectivity index (χ0v) is 18.4. The van der Waals surface area contributed by atoms with Gasteiger partial charge in [-0.15, -0.1) is 0 Å². The molecule has 1 aromatic heterocycles. The molecule has 1 aliphatic heterocycles. The molecule has 2 aromatic carbocycles. The normalized spacial score (nSPS) is 14.4. The third-order valence-corrected chi connectivity index (χ3v) is 5.47. The number of allylic oxidation sites excluding steroid dienone is 2. The highest BCUT2D eigenvalue weighted by Gasteiger charge is 2.33. The highest BCUT2D eigenvalue weighted by molar-refractivity contribution is 6.09. The van der Waals surface area contributed by atoms with Gasteiger partial charge in [-0.25, -0.2) is 0 Å². The molecule has 1 aliphatic rings. The molecule has 8 heteroatoms. The highest BCUT2D eigenvalue weighted by atomic mass is 19.4. The van der Waals surface area contributed by atoms with Gasteiger partial charge in [0.25, 0.3) is 0 Å². The number of alkyl halides is 3. The average Bonchev–Trinajstić information content (AvgIpc) is 2.81. The van der Waals surface area contributed by atoms with E-state index in [4.69, 9.17) is 0 Å². The second-order valence-electron chi connectivity index (χ2n) is 7.91. The molecule has 5 nitrogen and oxygen atoms in total. The van der Waals surface area contributed by atoms with Crippen molar-refractivity contribution in [3.8, 4) is 0 Å². The summed E-state index contributed by atoms with van der Waals surface area (Å²) < 4.78 is 40.0. The van der Waals surface area contributed by atoms with Crippen molar-refractivity contribution in [3.05, 3.63) is 84.2 Å². The number of hydrogen-bond acceptors (Lipinski definition) is 3. The second kappa shape index (κ2) is 9.51. The van der Waals surface area contributed by atoms with Gasteiger partial charge < -0.3 is 5.32 Å². The van der Waals surface area contributed by atoms with Crippen LogP contribution in [0.3, 0.4) is 0 Å². The summed E-state index contributed by atoms with van der Waals surface area (Å²) in [5.41, 5.74) is 1.28. The van der Waals surface area contributed by atoms with Crippen LogP contribution in [0.15, 0.2) is 73.1 Å². The summed E-state index contributed by atoms with van der Waals surface area (Å²) in [7, 11) is 0. The number of anilines is 2. The number of nitrogens with zero attached hydrogens (tertiary/aromatic N) is 2. The van der Waals surface area contributed by atoms with E-state index < -0.39 is 17.6 Å². The van der Waals surface area contributed by atoms with E-state index in [0.29, 0.717) is 23.2 Å². The zero-order chi connectivity index (χ0) is 24.3. The molecule has 4 rings (SSSR count). The first-order chi connectivity index (χ1) is 16.3. The standard InChI is InChI=1S/C26H22F3N3O2/c1-2-3-6-25(34)32-13-11-18(21-10-8-19(15-23(21)32)26(27,28)29)14-24(33)31-20-9-7-17-5-4-12-30-22(17)16-20/h4-5,7-16H,2-3,6H2,1H3,(H,31,33). The van der Waals surface area contributed by atoms with Crippen molar-refractivity contribution in [3.63, 3.8) is 0 Å². The van der Waals surface area contributed by atoms with Gasteiger partial charge in [-0.2, -0.15) is 13.2 Å². The Bertz CT molecular complexity index is 1310. The van der Waals surface area contributed by atoms with E-state index in [9.17, 15) is 22.8 Å². The molecule has 0 saturated carbocycles. The molecule has 3 aromatic rings. The first-order valence-electron chi connectivity index (χ1n) is 10.9. The van der Waals surface area contributed by atoms with Crippen LogP contribution in [0.1, 0.15) is 37.3 Å². The van der Waals surface area contributed by atoms with Gasteiger partial charge in [-0.1, -0.05) is 31.5 Å². The Morgan fingerprint density at radius 1 is 1.12 bits per heavy atom. The van der Waals surface area contributed by atoms with Crippen molar-refractivity contribution in [2.45, 2.75) is 32.4 Å². The maximum absolute atomic E-state index is 13.3. The third kappa shape index (κ3) is 5.01. The summed E-state index contributed by atoms with van der Waals surface area (Å²) in [5.74, 6) is -0.752. The molecule has 34 heavy (non-hydrogen) atoms. The molecular formula is C26H22F3N3O2. The maximum atomic E-state index is 13.3. The van der Waals surface area contributed by atoms with Crippen molar-refractivity contribution in [1.29, 1.82) is 0 Å². The summed E-state index contributed by atoms with van der Waals surface area (Å²) in [6, 6.07) is 12.2. The lowest BCUT2D eigenvalue weighted by Gasteiger charge is -2.27. The van der Waals surface area contributed by atoms with Crippen LogP contribution in [0.2, 0.25) is 0 Å². The topological polar surface area (TPSA) is 62.3 Å². The van der Waals surface area contributed by atoms with Crippen LogP contribution < -0.4 is 10.2 Å². The van der Waals surface area contributed by atoms with Crippen LogP contribution in [-0.2, 0) is 15.8 Å². The highest BCUT2D eigenvalue weighted by Crippen LogP contribution is 2.39. The molecule has 174 valence electrons. The van der Waals surface area contributed by atoms with E-state index >= 15 is 0 Å². The number of fused-ring (bicyclic) bond motifs is 2. The molecule has 0 bridgehead atoms. The van der Waals surface area contributed by atoms with Gasteiger partial charge in [0.1, 0.15) is 0 Å². The quantitative estimate of drug-likeness (QED) is 0.448. The van der Waals surface area contributed by atoms with Crippen LogP contribution in [0, 0.1) is 0 Å². The van der Waals surface area contributed by atoms with E-state index in [1.165, 1.54) is 23.2 Å². The summed E-state index contributed by atoms with van der Waals surface area (Å²) in [6.45, 7) is 1.93. The fraction of sp³-hybridized carbons (Fsp3) is 0.192. The molecule has 0 unspecified atom stereocenters. The lowest BCUT2D eigenvalue weighted by atomic mass is 9.96. The minimum atomic E-state index is -4.56. The van der Waals surface area contributed by atoms with Gasteiger partial charge in [-0.05, 0) is 48.4 Å². The SMILES string of the molecule is CCCCC(=O)N1C=CC(=CC(=O)Nc2ccc3cccnc3c2)c2ccc(C(F)(F)F)cc21. The first-order valence-corrected chi connectivity index (χ1v) is 10.9. The van der Waals surface area contributed by atoms with Crippen molar-refractivity contribution in [2.75, 3.05) is 10.2 Å². The van der Waals surface area contributed by atoms with Crippen LogP contribution in [0.4, 0.5) is 24.5 Å². The van der Waals surface area contributed by atoms with Gasteiger partial charge in [0.15, 0.2) is 0 Å². The van der Waals surface area contributed by atoms with Crippen LogP contribution in [-0.4, -0.2) is 16.8 Å². The predicted molar refractivity (Wildman–Crippen MR) is 126 cm³/mol. The molecule has 0 radical (unpaired) electrons. The molecular weight excluding hydrogens is 443 g/mol. The number of carbonyl (C=O) groups is 2. The number of unbranched alkanes of at least 4 members (excludes halogenated alkanes) is 1. The Balaban J connectivity index is 1.65. The molecule has 0 aliphatic carbocycles. The molecule has 2 heterocycles. The summed E-state index contributed by atoms with van der Waals surface area (Å²) >= 11 is 0. The van der Waals surface area contributed by atoms with Crippen LogP contribution in [0.5, 0.6) is 0 Å². The zero-order valence-electron chi connectivity index (χ0n) is 18.4. The summed E-state index contributed by atoms with van der Waals surface area (Å²) in [5, 5.41) is 3.69. The fourth-order valence-electron chi connectivity index (χ4n) is 3.73. The van der Waals surface area contributed by atoms with E-state index in [0.717, 1.165) is 29.5 Å². The molecule has 0 spiro atoms. The van der Waals surface area contributed by atoms with Gasteiger partial charge in [0.05, 0.1) is 16.8 Å². The number of pyridine rings is 1. The number of nitrogens with one attached hydrogen (secondary N) is 1. The maximum Gasteiger partial charge on any atom is 0.416 e. The van der Waals surface area contributed by atoms with E-state index in [1.54, 1.807) is 24.4 Å². The fourth-order valence-corrected chi connectivity index (χ4v) is 3.73.